The second-order valence-electron chi connectivity index (χ2n) is 4.46. The molecule has 0 radical (unpaired) electrons. The fraction of sp³-hybridized carbons (Fsp3) is 0.200. The Hall–Kier alpha value is -1.59. The summed E-state index contributed by atoms with van der Waals surface area (Å²) in [6.45, 7) is 0.235. The Bertz CT molecular complexity index is 669. The van der Waals surface area contributed by atoms with Crippen LogP contribution in [0, 0.1) is 0 Å². The first kappa shape index (κ1) is 13.4. The summed E-state index contributed by atoms with van der Waals surface area (Å²) in [5.74, 6) is 0.409. The van der Waals surface area contributed by atoms with Crippen molar-refractivity contribution in [2.24, 2.45) is 0 Å². The van der Waals surface area contributed by atoms with Gasteiger partial charge in [0.2, 0.25) is 4.38 Å². The number of ether oxygens (including phenoxy) is 2. The summed E-state index contributed by atoms with van der Waals surface area (Å²) in [6.07, 6.45) is -0.128. The molecule has 0 aliphatic carbocycles. The third kappa shape index (κ3) is 2.94. The highest BCUT2D eigenvalue weighted by molar-refractivity contribution is 8.22. The minimum absolute atomic E-state index is 0.128. The molecule has 1 saturated heterocycles. The molecule has 0 bridgehead atoms. The summed E-state index contributed by atoms with van der Waals surface area (Å²) in [6, 6.07) is 13.4. The average Bonchev–Trinajstić information content (AvgIpc) is 2.90. The number of carbonyl (C=O) groups is 1. The predicted octanol–water partition coefficient (Wildman–Crippen LogP) is 3.41. The van der Waals surface area contributed by atoms with Crippen molar-refractivity contribution in [1.82, 2.24) is 0 Å². The minimum Gasteiger partial charge on any atom is -0.471 e. The Kier molecular flexibility index (Phi) is 3.89. The fourth-order valence-corrected chi connectivity index (χ4v) is 3.05. The number of esters is 1. The molecular weight excluding hydrogens is 292 g/mol. The van der Waals surface area contributed by atoms with Crippen LogP contribution in [0.2, 0.25) is 0 Å². The van der Waals surface area contributed by atoms with E-state index in [0.29, 0.717) is 9.95 Å². The number of rotatable bonds is 3. The molecule has 1 unspecified atom stereocenters. The lowest BCUT2D eigenvalue weighted by atomic mass is 10.1. The highest BCUT2D eigenvalue weighted by Crippen LogP contribution is 2.21. The molecule has 2 aromatic rings. The van der Waals surface area contributed by atoms with Crippen molar-refractivity contribution in [2.75, 3.05) is 12.4 Å². The van der Waals surface area contributed by atoms with Crippen LogP contribution in [0.4, 0.5) is 0 Å². The van der Waals surface area contributed by atoms with Gasteiger partial charge in [0.05, 0.1) is 5.56 Å². The lowest BCUT2D eigenvalue weighted by Gasteiger charge is -2.10. The van der Waals surface area contributed by atoms with E-state index in [1.54, 1.807) is 6.07 Å². The normalized spacial score (nSPS) is 18.0. The van der Waals surface area contributed by atoms with Gasteiger partial charge in [0.25, 0.3) is 0 Å². The molecule has 3 rings (SSSR count). The summed E-state index contributed by atoms with van der Waals surface area (Å²) in [5.41, 5.74) is 0.553. The van der Waals surface area contributed by atoms with Crippen molar-refractivity contribution in [3.05, 3.63) is 48.0 Å². The monoisotopic (exact) mass is 304 g/mol. The maximum atomic E-state index is 12.0. The van der Waals surface area contributed by atoms with E-state index in [1.807, 2.05) is 36.4 Å². The first-order valence-electron chi connectivity index (χ1n) is 6.22. The Balaban J connectivity index is 1.67. The number of benzene rings is 2. The predicted molar refractivity (Wildman–Crippen MR) is 84.2 cm³/mol. The summed E-state index contributed by atoms with van der Waals surface area (Å²) in [7, 11) is 0. The van der Waals surface area contributed by atoms with Gasteiger partial charge in [0.1, 0.15) is 12.7 Å². The largest absolute Gasteiger partial charge is 0.471 e. The summed E-state index contributed by atoms with van der Waals surface area (Å²) < 4.78 is 11.1. The number of thiocarbonyl (C=S) groups is 1. The molecule has 1 fully saturated rings. The molecule has 102 valence electrons. The molecule has 3 nitrogen and oxygen atoms in total. The van der Waals surface area contributed by atoms with Gasteiger partial charge < -0.3 is 9.47 Å². The van der Waals surface area contributed by atoms with Crippen LogP contribution in [0.3, 0.4) is 0 Å². The number of fused-ring (bicyclic) bond motifs is 1. The van der Waals surface area contributed by atoms with Gasteiger partial charge in [-0.3, -0.25) is 0 Å². The van der Waals surface area contributed by atoms with Crippen LogP contribution >= 0.6 is 24.0 Å². The van der Waals surface area contributed by atoms with Crippen molar-refractivity contribution in [3.63, 3.8) is 0 Å². The van der Waals surface area contributed by atoms with Gasteiger partial charge in [-0.25, -0.2) is 4.79 Å². The SMILES string of the molecule is O=C(OCC1CSC(=S)O1)c1ccc2ccccc2c1. The lowest BCUT2D eigenvalue weighted by molar-refractivity contribution is 0.0352. The van der Waals surface area contributed by atoms with Crippen molar-refractivity contribution >= 4 is 45.1 Å². The topological polar surface area (TPSA) is 35.5 Å². The zero-order chi connectivity index (χ0) is 13.9. The highest BCUT2D eigenvalue weighted by Gasteiger charge is 2.23. The van der Waals surface area contributed by atoms with Crippen LogP contribution in [0.5, 0.6) is 0 Å². The Labute approximate surface area is 126 Å². The van der Waals surface area contributed by atoms with Gasteiger partial charge in [0, 0.05) is 5.75 Å². The van der Waals surface area contributed by atoms with Crippen LogP contribution in [-0.2, 0) is 9.47 Å². The number of carbonyl (C=O) groups excluding carboxylic acids is 1. The van der Waals surface area contributed by atoms with Crippen molar-refractivity contribution < 1.29 is 14.3 Å². The van der Waals surface area contributed by atoms with Gasteiger partial charge in [-0.05, 0) is 35.1 Å². The van der Waals surface area contributed by atoms with Crippen LogP contribution in [-0.4, -0.2) is 28.8 Å². The van der Waals surface area contributed by atoms with E-state index in [2.05, 4.69) is 0 Å². The molecule has 5 heteroatoms. The standard InChI is InChI=1S/C15H12O3S2/c16-14(17-8-13-9-20-15(19)18-13)12-6-5-10-3-1-2-4-11(10)7-12/h1-7,13H,8-9H2. The lowest BCUT2D eigenvalue weighted by Crippen LogP contribution is -2.20. The zero-order valence-corrected chi connectivity index (χ0v) is 12.2. The second-order valence-corrected chi connectivity index (χ2v) is 6.08. The van der Waals surface area contributed by atoms with E-state index in [0.717, 1.165) is 16.5 Å². The molecule has 1 atom stereocenters. The van der Waals surface area contributed by atoms with Gasteiger partial charge in [0.15, 0.2) is 0 Å². The summed E-state index contributed by atoms with van der Waals surface area (Å²) in [5, 5.41) is 2.13. The first-order chi connectivity index (χ1) is 9.72. The third-order valence-corrected chi connectivity index (χ3v) is 4.36. The molecule has 0 saturated carbocycles. The van der Waals surface area contributed by atoms with Crippen LogP contribution in [0.25, 0.3) is 10.8 Å². The Morgan fingerprint density at radius 3 is 2.85 bits per heavy atom. The summed E-state index contributed by atoms with van der Waals surface area (Å²) in [4.78, 5) is 12.0. The van der Waals surface area contributed by atoms with Crippen LogP contribution in [0.15, 0.2) is 42.5 Å². The Morgan fingerprint density at radius 1 is 1.30 bits per heavy atom. The fourth-order valence-electron chi connectivity index (χ4n) is 2.02. The van der Waals surface area contributed by atoms with Gasteiger partial charge in [-0.15, -0.1) is 0 Å². The van der Waals surface area contributed by atoms with E-state index in [4.69, 9.17) is 21.7 Å². The van der Waals surface area contributed by atoms with Crippen molar-refractivity contribution in [1.29, 1.82) is 0 Å². The third-order valence-electron chi connectivity index (χ3n) is 3.04. The minimum atomic E-state index is -0.331. The van der Waals surface area contributed by atoms with E-state index >= 15 is 0 Å². The molecule has 0 aromatic heterocycles. The van der Waals surface area contributed by atoms with E-state index in [-0.39, 0.29) is 18.7 Å². The molecular formula is C15H12O3S2. The Morgan fingerprint density at radius 2 is 2.10 bits per heavy atom. The van der Waals surface area contributed by atoms with Crippen molar-refractivity contribution in [3.8, 4) is 0 Å². The average molecular weight is 304 g/mol. The van der Waals surface area contributed by atoms with Crippen LogP contribution in [0.1, 0.15) is 10.4 Å². The highest BCUT2D eigenvalue weighted by atomic mass is 32.2. The first-order valence-corrected chi connectivity index (χ1v) is 7.61. The second kappa shape index (κ2) is 5.81. The summed E-state index contributed by atoms with van der Waals surface area (Å²) >= 11 is 6.40. The molecule has 1 aliphatic rings. The maximum Gasteiger partial charge on any atom is 0.338 e. The quantitative estimate of drug-likeness (QED) is 0.641. The van der Waals surface area contributed by atoms with Crippen molar-refractivity contribution in [2.45, 2.75) is 6.10 Å². The number of hydrogen-bond acceptors (Lipinski definition) is 5. The van der Waals surface area contributed by atoms with E-state index < -0.39 is 0 Å². The molecule has 0 spiro atoms. The smallest absolute Gasteiger partial charge is 0.338 e. The van der Waals surface area contributed by atoms with Crippen LogP contribution < -0.4 is 0 Å². The van der Waals surface area contributed by atoms with Gasteiger partial charge >= 0.3 is 5.97 Å². The van der Waals surface area contributed by atoms with E-state index in [1.165, 1.54) is 11.8 Å². The van der Waals surface area contributed by atoms with Gasteiger partial charge in [-0.1, -0.05) is 42.1 Å². The van der Waals surface area contributed by atoms with Gasteiger partial charge in [-0.2, -0.15) is 0 Å². The maximum absolute atomic E-state index is 12.0. The molecule has 2 aromatic carbocycles. The number of thioether (sulfide) groups is 1. The molecule has 0 amide bonds. The molecule has 1 aliphatic heterocycles. The van der Waals surface area contributed by atoms with E-state index in [9.17, 15) is 4.79 Å². The molecule has 20 heavy (non-hydrogen) atoms. The molecule has 0 N–H and O–H groups in total. The number of hydrogen-bond donors (Lipinski definition) is 0. The zero-order valence-electron chi connectivity index (χ0n) is 10.6. The molecule has 1 heterocycles.